The number of rotatable bonds is 3. The highest BCUT2D eigenvalue weighted by Gasteiger charge is 2.32. The molecule has 1 aliphatic rings. The first-order chi connectivity index (χ1) is 10.7. The molecule has 0 unspecified atom stereocenters. The van der Waals surface area contributed by atoms with E-state index in [4.69, 9.17) is 11.6 Å². The molecule has 1 saturated heterocycles. The van der Waals surface area contributed by atoms with E-state index in [1.807, 2.05) is 27.8 Å². The first-order valence-corrected chi connectivity index (χ1v) is 7.91. The summed E-state index contributed by atoms with van der Waals surface area (Å²) in [5, 5.41) is 7.85. The average molecular weight is 319 g/mol. The van der Waals surface area contributed by atoms with E-state index in [0.717, 1.165) is 31.6 Å². The average Bonchev–Trinajstić information content (AvgIpc) is 3.15. The fraction of sp³-hybridized carbons (Fsp3) is 0.375. The predicted octanol–water partition coefficient (Wildman–Crippen LogP) is 3.93. The van der Waals surface area contributed by atoms with Crippen LogP contribution in [0, 0.1) is 0 Å². The predicted molar refractivity (Wildman–Crippen MR) is 87.1 cm³/mol. The van der Waals surface area contributed by atoms with E-state index < -0.39 is 0 Å². The number of aryl methyl sites for hydroxylation is 1. The van der Waals surface area contributed by atoms with Crippen molar-refractivity contribution in [1.29, 1.82) is 0 Å². The molecule has 1 N–H and O–H groups in total. The largest absolute Gasteiger partial charge is 0.322 e. The van der Waals surface area contributed by atoms with Gasteiger partial charge < -0.3 is 10.2 Å². The van der Waals surface area contributed by atoms with Crippen molar-refractivity contribution >= 4 is 23.3 Å². The maximum absolute atomic E-state index is 12.6. The van der Waals surface area contributed by atoms with Crippen LogP contribution in [0.3, 0.4) is 0 Å². The number of hydrogen-bond acceptors (Lipinski definition) is 2. The highest BCUT2D eigenvalue weighted by atomic mass is 35.5. The molecule has 1 fully saturated rings. The van der Waals surface area contributed by atoms with E-state index in [1.54, 1.807) is 18.3 Å². The van der Waals surface area contributed by atoms with Crippen molar-refractivity contribution in [2.75, 3.05) is 11.9 Å². The van der Waals surface area contributed by atoms with Gasteiger partial charge in [-0.15, -0.1) is 0 Å². The number of nitrogens with zero attached hydrogens (tertiary/aromatic N) is 3. The third kappa shape index (κ3) is 2.95. The molecule has 1 atom stereocenters. The van der Waals surface area contributed by atoms with Crippen LogP contribution in [0.5, 0.6) is 0 Å². The van der Waals surface area contributed by atoms with Crippen molar-refractivity contribution in [1.82, 2.24) is 14.7 Å². The van der Waals surface area contributed by atoms with Gasteiger partial charge in [0.25, 0.3) is 0 Å². The van der Waals surface area contributed by atoms with Gasteiger partial charge in [0.2, 0.25) is 0 Å². The Labute approximate surface area is 134 Å². The molecular formula is C16H19ClN4O. The zero-order chi connectivity index (χ0) is 15.5. The summed E-state index contributed by atoms with van der Waals surface area (Å²) in [5.41, 5.74) is 1.81. The second-order valence-corrected chi connectivity index (χ2v) is 5.80. The van der Waals surface area contributed by atoms with Gasteiger partial charge in [0.1, 0.15) is 0 Å². The Kier molecular flexibility index (Phi) is 4.34. The van der Waals surface area contributed by atoms with Crippen molar-refractivity contribution < 1.29 is 4.79 Å². The van der Waals surface area contributed by atoms with Gasteiger partial charge in [0.05, 0.1) is 11.7 Å². The monoisotopic (exact) mass is 318 g/mol. The minimum absolute atomic E-state index is 0.0848. The Morgan fingerprint density at radius 2 is 2.32 bits per heavy atom. The summed E-state index contributed by atoms with van der Waals surface area (Å²) in [5.74, 6) is 0. The van der Waals surface area contributed by atoms with Crippen LogP contribution in [0.2, 0.25) is 5.02 Å². The summed E-state index contributed by atoms with van der Waals surface area (Å²) in [6, 6.07) is 9.20. The molecule has 2 aromatic rings. The van der Waals surface area contributed by atoms with Crippen LogP contribution in [-0.2, 0) is 6.54 Å². The van der Waals surface area contributed by atoms with Crippen LogP contribution in [0.25, 0.3) is 0 Å². The molecular weight excluding hydrogens is 300 g/mol. The van der Waals surface area contributed by atoms with Gasteiger partial charge in [0.15, 0.2) is 0 Å². The molecule has 3 rings (SSSR count). The highest BCUT2D eigenvalue weighted by Crippen LogP contribution is 2.32. The molecule has 6 heteroatoms. The van der Waals surface area contributed by atoms with Gasteiger partial charge >= 0.3 is 6.03 Å². The number of urea groups is 1. The quantitative estimate of drug-likeness (QED) is 0.932. The molecule has 0 radical (unpaired) electrons. The normalized spacial score (nSPS) is 17.7. The summed E-state index contributed by atoms with van der Waals surface area (Å²) in [6.45, 7) is 3.62. The molecule has 2 amide bonds. The molecule has 1 aliphatic heterocycles. The van der Waals surface area contributed by atoms with Gasteiger partial charge in [-0.2, -0.15) is 5.10 Å². The van der Waals surface area contributed by atoms with E-state index in [9.17, 15) is 4.79 Å². The number of amides is 2. The maximum atomic E-state index is 12.6. The summed E-state index contributed by atoms with van der Waals surface area (Å²) in [7, 11) is 0. The number of hydrogen-bond donors (Lipinski definition) is 1. The number of carbonyl (C=O) groups is 1. The van der Waals surface area contributed by atoms with Crippen LogP contribution >= 0.6 is 11.6 Å². The third-order valence-corrected chi connectivity index (χ3v) is 4.21. The van der Waals surface area contributed by atoms with Crippen molar-refractivity contribution in [3.8, 4) is 0 Å². The smallest absolute Gasteiger partial charge is 0.316 e. The fourth-order valence-corrected chi connectivity index (χ4v) is 3.16. The number of halogens is 1. The number of nitrogens with one attached hydrogen (secondary N) is 1. The Bertz CT molecular complexity index is 670. The zero-order valence-electron chi connectivity index (χ0n) is 12.5. The van der Waals surface area contributed by atoms with Crippen LogP contribution in [0.1, 0.15) is 31.5 Å². The standard InChI is InChI=1S/C16H19ClN4O/c1-2-21-15(8-9-18-21)14-7-4-10-20(14)16(22)19-13-6-3-5-12(17)11-13/h3,5-6,8-9,11,14H,2,4,7,10H2,1H3,(H,19,22)/t14-/m0/s1. The van der Waals surface area contributed by atoms with Crippen molar-refractivity contribution in [2.45, 2.75) is 32.4 Å². The highest BCUT2D eigenvalue weighted by molar-refractivity contribution is 6.30. The summed E-state index contributed by atoms with van der Waals surface area (Å²) >= 11 is 5.96. The lowest BCUT2D eigenvalue weighted by atomic mass is 10.1. The molecule has 0 saturated carbocycles. The SMILES string of the molecule is CCn1nccc1[C@@H]1CCCN1C(=O)Nc1cccc(Cl)c1. The van der Waals surface area contributed by atoms with Gasteiger partial charge in [-0.05, 0) is 44.0 Å². The third-order valence-electron chi connectivity index (χ3n) is 3.98. The molecule has 0 aliphatic carbocycles. The molecule has 1 aromatic heterocycles. The summed E-state index contributed by atoms with van der Waals surface area (Å²) < 4.78 is 1.95. The van der Waals surface area contributed by atoms with E-state index in [-0.39, 0.29) is 12.1 Å². The van der Waals surface area contributed by atoms with Gasteiger partial charge in [-0.3, -0.25) is 4.68 Å². The van der Waals surface area contributed by atoms with Gasteiger partial charge in [-0.1, -0.05) is 17.7 Å². The van der Waals surface area contributed by atoms with Crippen molar-refractivity contribution in [3.63, 3.8) is 0 Å². The first-order valence-electron chi connectivity index (χ1n) is 7.54. The molecule has 0 spiro atoms. The number of likely N-dealkylation sites (tertiary alicyclic amines) is 1. The van der Waals surface area contributed by atoms with E-state index in [1.165, 1.54) is 0 Å². The van der Waals surface area contributed by atoms with Crippen LogP contribution in [0.15, 0.2) is 36.5 Å². The first kappa shape index (κ1) is 14.9. The number of aromatic nitrogens is 2. The lowest BCUT2D eigenvalue weighted by Crippen LogP contribution is -2.35. The number of benzene rings is 1. The molecule has 22 heavy (non-hydrogen) atoms. The maximum Gasteiger partial charge on any atom is 0.322 e. The Morgan fingerprint density at radius 3 is 3.09 bits per heavy atom. The summed E-state index contributed by atoms with van der Waals surface area (Å²) in [6.07, 6.45) is 3.77. The molecule has 0 bridgehead atoms. The lowest BCUT2D eigenvalue weighted by molar-refractivity contribution is 0.204. The topological polar surface area (TPSA) is 50.2 Å². The Morgan fingerprint density at radius 1 is 1.45 bits per heavy atom. The number of carbonyl (C=O) groups excluding carboxylic acids is 1. The molecule has 5 nitrogen and oxygen atoms in total. The van der Waals surface area contributed by atoms with Crippen LogP contribution in [-0.4, -0.2) is 27.3 Å². The second kappa shape index (κ2) is 6.40. The van der Waals surface area contributed by atoms with Crippen LogP contribution < -0.4 is 5.32 Å². The van der Waals surface area contributed by atoms with E-state index >= 15 is 0 Å². The van der Waals surface area contributed by atoms with Crippen molar-refractivity contribution in [2.24, 2.45) is 0 Å². The van der Waals surface area contributed by atoms with E-state index in [2.05, 4.69) is 17.3 Å². The van der Waals surface area contributed by atoms with E-state index in [0.29, 0.717) is 10.7 Å². The van der Waals surface area contributed by atoms with Gasteiger partial charge in [-0.25, -0.2) is 4.79 Å². The molecule has 2 heterocycles. The van der Waals surface area contributed by atoms with Crippen molar-refractivity contribution in [3.05, 3.63) is 47.2 Å². The Hall–Kier alpha value is -2.01. The molecule has 1 aromatic carbocycles. The second-order valence-electron chi connectivity index (χ2n) is 5.36. The molecule has 116 valence electrons. The summed E-state index contributed by atoms with van der Waals surface area (Å²) in [4.78, 5) is 14.5. The number of anilines is 1. The van der Waals surface area contributed by atoms with Crippen LogP contribution in [0.4, 0.5) is 10.5 Å². The lowest BCUT2D eigenvalue weighted by Gasteiger charge is -2.25. The fourth-order valence-electron chi connectivity index (χ4n) is 2.97. The zero-order valence-corrected chi connectivity index (χ0v) is 13.3. The minimum Gasteiger partial charge on any atom is -0.316 e. The van der Waals surface area contributed by atoms with Gasteiger partial charge in [0, 0.05) is 30.0 Å². The minimum atomic E-state index is -0.0892. The Balaban J connectivity index is 1.77.